The van der Waals surface area contributed by atoms with Gasteiger partial charge in [0.25, 0.3) is 0 Å². The first-order valence-corrected chi connectivity index (χ1v) is 7.31. The lowest BCUT2D eigenvalue weighted by molar-refractivity contribution is -0.119. The molecule has 0 radical (unpaired) electrons. The molecule has 0 bridgehead atoms. The predicted octanol–water partition coefficient (Wildman–Crippen LogP) is 3.05. The molecule has 23 heavy (non-hydrogen) atoms. The van der Waals surface area contributed by atoms with Crippen LogP contribution in [0.2, 0.25) is 0 Å². The number of nitrogens with one attached hydrogen (secondary N) is 2. The van der Waals surface area contributed by atoms with Crippen molar-refractivity contribution in [2.75, 3.05) is 10.6 Å². The molecule has 2 N–H and O–H groups in total. The van der Waals surface area contributed by atoms with Crippen LogP contribution in [0.3, 0.4) is 0 Å². The Balaban J connectivity index is 2.23. The van der Waals surface area contributed by atoms with E-state index in [9.17, 15) is 4.79 Å². The van der Waals surface area contributed by atoms with Gasteiger partial charge in [-0.25, -0.2) is 0 Å². The van der Waals surface area contributed by atoms with E-state index in [1.807, 2.05) is 0 Å². The molecule has 114 valence electrons. The number of allylic oxidation sites excluding steroid dienone is 2. The minimum absolute atomic E-state index is 0.0165. The summed E-state index contributed by atoms with van der Waals surface area (Å²) in [6.07, 6.45) is 3.90. The molecule has 1 aromatic rings. The molecule has 2 rings (SSSR count). The zero-order chi connectivity index (χ0) is 16.7. The zero-order valence-corrected chi connectivity index (χ0v) is 12.5. The van der Waals surface area contributed by atoms with Gasteiger partial charge in [0.15, 0.2) is 5.57 Å². The van der Waals surface area contributed by atoms with Gasteiger partial charge in [0.1, 0.15) is 23.9 Å². The predicted molar refractivity (Wildman–Crippen MR) is 84.5 cm³/mol. The molecule has 1 saturated carbocycles. The molecule has 0 atom stereocenters. The van der Waals surface area contributed by atoms with Crippen molar-refractivity contribution in [3.05, 3.63) is 35.5 Å². The summed E-state index contributed by atoms with van der Waals surface area (Å²) < 4.78 is 0. The van der Waals surface area contributed by atoms with Crippen LogP contribution in [0, 0.1) is 39.9 Å². The fraction of sp³-hybridized carbons (Fsp3) is 0.294. The van der Waals surface area contributed by atoms with E-state index in [4.69, 9.17) is 15.8 Å². The number of hydrogen-bond acceptors (Lipinski definition) is 5. The fourth-order valence-corrected chi connectivity index (χ4v) is 2.54. The number of amides is 1. The number of rotatable bonds is 4. The number of para-hydroxylation sites is 2. The maximum Gasteiger partial charge on any atom is 0.227 e. The van der Waals surface area contributed by atoms with Crippen molar-refractivity contribution in [3.8, 4) is 18.2 Å². The molecule has 0 aliphatic heterocycles. The van der Waals surface area contributed by atoms with Gasteiger partial charge in [-0.15, -0.1) is 0 Å². The number of hydrogen-bond donors (Lipinski definition) is 2. The quantitative estimate of drug-likeness (QED) is 0.830. The van der Waals surface area contributed by atoms with Crippen molar-refractivity contribution < 1.29 is 4.79 Å². The van der Waals surface area contributed by atoms with Crippen LogP contribution >= 0.6 is 0 Å². The Bertz CT molecular complexity index is 738. The standard InChI is InChI=1S/C17H15N5O/c18-9-13(10-19)16(11-20)21-14-7-3-4-8-15(14)22-17(23)12-5-1-2-6-12/h3-4,7-8,12,21H,1-2,5-6H2,(H,22,23). The van der Waals surface area contributed by atoms with Gasteiger partial charge in [-0.05, 0) is 25.0 Å². The van der Waals surface area contributed by atoms with E-state index in [2.05, 4.69) is 10.6 Å². The lowest BCUT2D eigenvalue weighted by Crippen LogP contribution is -2.21. The van der Waals surface area contributed by atoms with E-state index in [0.717, 1.165) is 25.7 Å². The van der Waals surface area contributed by atoms with Crippen molar-refractivity contribution in [3.63, 3.8) is 0 Å². The highest BCUT2D eigenvalue weighted by molar-refractivity contribution is 5.96. The molecule has 1 aliphatic rings. The molecule has 1 fully saturated rings. The molecule has 0 aromatic heterocycles. The van der Waals surface area contributed by atoms with E-state index in [1.54, 1.807) is 42.5 Å². The highest BCUT2D eigenvalue weighted by Gasteiger charge is 2.23. The first kappa shape index (κ1) is 16.1. The molecular formula is C17H15N5O. The van der Waals surface area contributed by atoms with Gasteiger partial charge < -0.3 is 10.6 Å². The summed E-state index contributed by atoms with van der Waals surface area (Å²) in [4.78, 5) is 12.2. The summed E-state index contributed by atoms with van der Waals surface area (Å²) in [7, 11) is 0. The smallest absolute Gasteiger partial charge is 0.227 e. The molecular weight excluding hydrogens is 290 g/mol. The molecule has 0 spiro atoms. The van der Waals surface area contributed by atoms with Crippen LogP contribution in [0.1, 0.15) is 25.7 Å². The Morgan fingerprint density at radius 3 is 2.04 bits per heavy atom. The lowest BCUT2D eigenvalue weighted by Gasteiger charge is -2.14. The third-order valence-electron chi connectivity index (χ3n) is 3.76. The van der Waals surface area contributed by atoms with Crippen LogP contribution in [-0.4, -0.2) is 5.91 Å². The Morgan fingerprint density at radius 2 is 1.52 bits per heavy atom. The van der Waals surface area contributed by atoms with Gasteiger partial charge in [-0.2, -0.15) is 15.8 Å². The fourth-order valence-electron chi connectivity index (χ4n) is 2.54. The SMILES string of the molecule is N#CC(C#N)=C(C#N)Nc1ccccc1NC(=O)C1CCCC1. The van der Waals surface area contributed by atoms with Gasteiger partial charge in [0, 0.05) is 5.92 Å². The average molecular weight is 305 g/mol. The Kier molecular flexibility index (Phi) is 5.34. The van der Waals surface area contributed by atoms with Crippen LogP contribution in [0.25, 0.3) is 0 Å². The molecule has 1 amide bonds. The Morgan fingerprint density at radius 1 is 0.957 bits per heavy atom. The second-order valence-corrected chi connectivity index (χ2v) is 5.23. The maximum absolute atomic E-state index is 12.2. The van der Waals surface area contributed by atoms with Crippen molar-refractivity contribution >= 4 is 17.3 Å². The minimum Gasteiger partial charge on any atom is -0.343 e. The molecule has 0 saturated heterocycles. The highest BCUT2D eigenvalue weighted by Crippen LogP contribution is 2.28. The number of nitriles is 3. The monoisotopic (exact) mass is 305 g/mol. The van der Waals surface area contributed by atoms with Crippen LogP contribution in [0.4, 0.5) is 11.4 Å². The summed E-state index contributed by atoms with van der Waals surface area (Å²) in [6.45, 7) is 0. The average Bonchev–Trinajstić information content (AvgIpc) is 3.11. The second-order valence-electron chi connectivity index (χ2n) is 5.23. The molecule has 0 unspecified atom stereocenters. The molecule has 1 aliphatic carbocycles. The zero-order valence-electron chi connectivity index (χ0n) is 12.5. The van der Waals surface area contributed by atoms with Crippen LogP contribution in [-0.2, 0) is 4.79 Å². The van der Waals surface area contributed by atoms with E-state index < -0.39 is 0 Å². The van der Waals surface area contributed by atoms with E-state index in [-0.39, 0.29) is 23.1 Å². The van der Waals surface area contributed by atoms with Crippen LogP contribution < -0.4 is 10.6 Å². The van der Waals surface area contributed by atoms with Crippen molar-refractivity contribution in [1.82, 2.24) is 0 Å². The van der Waals surface area contributed by atoms with Crippen LogP contribution in [0.5, 0.6) is 0 Å². The molecule has 0 heterocycles. The van der Waals surface area contributed by atoms with Crippen LogP contribution in [0.15, 0.2) is 35.5 Å². The maximum atomic E-state index is 12.2. The largest absolute Gasteiger partial charge is 0.343 e. The molecule has 6 nitrogen and oxygen atoms in total. The summed E-state index contributed by atoms with van der Waals surface area (Å²) >= 11 is 0. The number of carbonyl (C=O) groups excluding carboxylic acids is 1. The summed E-state index contributed by atoms with van der Waals surface area (Å²) in [5.74, 6) is -0.0251. The lowest BCUT2D eigenvalue weighted by atomic mass is 10.1. The van der Waals surface area contributed by atoms with Crippen molar-refractivity contribution in [1.29, 1.82) is 15.8 Å². The number of benzene rings is 1. The van der Waals surface area contributed by atoms with Gasteiger partial charge in [-0.3, -0.25) is 4.79 Å². The summed E-state index contributed by atoms with van der Waals surface area (Å²) in [5, 5.41) is 32.5. The van der Waals surface area contributed by atoms with Gasteiger partial charge in [0.2, 0.25) is 5.91 Å². The molecule has 6 heteroatoms. The van der Waals surface area contributed by atoms with Gasteiger partial charge >= 0.3 is 0 Å². The minimum atomic E-state index is -0.301. The third-order valence-corrected chi connectivity index (χ3v) is 3.76. The number of anilines is 2. The second kappa shape index (κ2) is 7.64. The van der Waals surface area contributed by atoms with E-state index in [0.29, 0.717) is 11.4 Å². The number of carbonyl (C=O) groups is 1. The first-order valence-electron chi connectivity index (χ1n) is 7.31. The summed E-state index contributed by atoms with van der Waals surface area (Å²) in [5.41, 5.74) is 0.549. The van der Waals surface area contributed by atoms with E-state index in [1.165, 1.54) is 0 Å². The third kappa shape index (κ3) is 3.87. The Labute approximate surface area is 134 Å². The normalized spacial score (nSPS) is 13.3. The van der Waals surface area contributed by atoms with Crippen molar-refractivity contribution in [2.45, 2.75) is 25.7 Å². The summed E-state index contributed by atoms with van der Waals surface area (Å²) in [6, 6.07) is 12.0. The van der Waals surface area contributed by atoms with Gasteiger partial charge in [0.05, 0.1) is 11.4 Å². The molecule has 1 aromatic carbocycles. The van der Waals surface area contributed by atoms with Gasteiger partial charge in [-0.1, -0.05) is 25.0 Å². The highest BCUT2D eigenvalue weighted by atomic mass is 16.1. The number of nitrogens with zero attached hydrogens (tertiary/aromatic N) is 3. The van der Waals surface area contributed by atoms with E-state index >= 15 is 0 Å². The van der Waals surface area contributed by atoms with Crippen molar-refractivity contribution in [2.24, 2.45) is 5.92 Å². The first-order chi connectivity index (χ1) is 11.2. The topological polar surface area (TPSA) is 112 Å². The Hall–Kier alpha value is -3.30.